The lowest BCUT2D eigenvalue weighted by atomic mass is 10.2. The zero-order valence-corrected chi connectivity index (χ0v) is 13.9. The number of pyridine rings is 1. The molecule has 7 nitrogen and oxygen atoms in total. The fourth-order valence-electron chi connectivity index (χ4n) is 2.09. The predicted molar refractivity (Wildman–Crippen MR) is 98.5 cm³/mol. The first-order valence-electron chi connectivity index (χ1n) is 7.54. The highest BCUT2D eigenvalue weighted by Crippen LogP contribution is 2.23. The molecule has 1 unspecified atom stereocenters. The second-order valence-corrected chi connectivity index (χ2v) is 6.34. The number of hydrogen-bond donors (Lipinski definition) is 2. The van der Waals surface area contributed by atoms with Gasteiger partial charge in [0, 0.05) is 30.1 Å². The number of nitrogens with zero attached hydrogens (tertiary/aromatic N) is 3. The summed E-state index contributed by atoms with van der Waals surface area (Å²) in [5, 5.41) is 13.1. The van der Waals surface area contributed by atoms with Crippen LogP contribution in [0.5, 0.6) is 0 Å². The number of aromatic nitrogens is 1. The fourth-order valence-corrected chi connectivity index (χ4v) is 3.01. The molecule has 0 spiro atoms. The second-order valence-electron chi connectivity index (χ2n) is 5.15. The number of amidine groups is 1. The number of carbonyl (C=O) groups excluding carboxylic acids is 2. The summed E-state index contributed by atoms with van der Waals surface area (Å²) in [4.78, 5) is 28.0. The van der Waals surface area contributed by atoms with Crippen LogP contribution in [0, 0.1) is 0 Å². The van der Waals surface area contributed by atoms with Crippen LogP contribution in [0.15, 0.2) is 65.1 Å². The van der Waals surface area contributed by atoms with Crippen LogP contribution >= 0.6 is 11.8 Å². The zero-order valence-electron chi connectivity index (χ0n) is 13.1. The maximum Gasteiger partial charge on any atom is 0.240 e. The quantitative estimate of drug-likeness (QED) is 0.635. The van der Waals surface area contributed by atoms with E-state index in [0.717, 1.165) is 5.56 Å². The van der Waals surface area contributed by atoms with Crippen molar-refractivity contribution in [1.29, 1.82) is 0 Å². The summed E-state index contributed by atoms with van der Waals surface area (Å²) < 4.78 is 0. The van der Waals surface area contributed by atoms with Crippen LogP contribution in [0.3, 0.4) is 0 Å². The first-order chi connectivity index (χ1) is 12.2. The van der Waals surface area contributed by atoms with Crippen molar-refractivity contribution in [2.45, 2.75) is 11.7 Å². The third-order valence-corrected chi connectivity index (χ3v) is 4.32. The van der Waals surface area contributed by atoms with Gasteiger partial charge in [0.15, 0.2) is 5.17 Å². The van der Waals surface area contributed by atoms with Gasteiger partial charge in [-0.3, -0.25) is 14.6 Å². The van der Waals surface area contributed by atoms with Crippen molar-refractivity contribution < 1.29 is 9.59 Å². The van der Waals surface area contributed by atoms with Crippen molar-refractivity contribution in [3.63, 3.8) is 0 Å². The molecule has 0 aliphatic carbocycles. The molecule has 1 aromatic carbocycles. The molecule has 1 atom stereocenters. The molecule has 1 fully saturated rings. The highest BCUT2D eigenvalue weighted by atomic mass is 32.2. The SMILES string of the molecule is O=C(CC1SC(=NN=Cc2cccnc2)NC1=O)Nc1ccccc1. The summed E-state index contributed by atoms with van der Waals surface area (Å²) >= 11 is 1.19. The van der Waals surface area contributed by atoms with Crippen LogP contribution in [0.1, 0.15) is 12.0 Å². The summed E-state index contributed by atoms with van der Waals surface area (Å²) in [7, 11) is 0. The molecule has 0 bridgehead atoms. The topological polar surface area (TPSA) is 95.8 Å². The van der Waals surface area contributed by atoms with Crippen LogP contribution < -0.4 is 10.6 Å². The van der Waals surface area contributed by atoms with Gasteiger partial charge in [-0.05, 0) is 18.2 Å². The van der Waals surface area contributed by atoms with Gasteiger partial charge in [0.05, 0.1) is 6.21 Å². The number of nitrogens with one attached hydrogen (secondary N) is 2. The van der Waals surface area contributed by atoms with Crippen molar-refractivity contribution in [1.82, 2.24) is 10.3 Å². The zero-order chi connectivity index (χ0) is 17.5. The van der Waals surface area contributed by atoms with Gasteiger partial charge in [-0.1, -0.05) is 36.0 Å². The van der Waals surface area contributed by atoms with Crippen molar-refractivity contribution in [3.05, 3.63) is 60.4 Å². The molecule has 1 aliphatic heterocycles. The molecule has 25 heavy (non-hydrogen) atoms. The van der Waals surface area contributed by atoms with Crippen molar-refractivity contribution >= 4 is 40.6 Å². The molecular weight excluding hydrogens is 338 g/mol. The van der Waals surface area contributed by atoms with Crippen molar-refractivity contribution in [2.75, 3.05) is 5.32 Å². The average molecular weight is 353 g/mol. The molecule has 2 aromatic rings. The maximum absolute atomic E-state index is 12.0. The molecule has 1 saturated heterocycles. The molecule has 2 N–H and O–H groups in total. The van der Waals surface area contributed by atoms with E-state index in [9.17, 15) is 9.59 Å². The minimum Gasteiger partial charge on any atom is -0.326 e. The van der Waals surface area contributed by atoms with Gasteiger partial charge in [0.1, 0.15) is 5.25 Å². The van der Waals surface area contributed by atoms with Gasteiger partial charge in [0.2, 0.25) is 11.8 Å². The molecule has 2 amide bonds. The summed E-state index contributed by atoms with van der Waals surface area (Å²) in [6.07, 6.45) is 4.93. The predicted octanol–water partition coefficient (Wildman–Crippen LogP) is 2.03. The van der Waals surface area contributed by atoms with E-state index in [-0.39, 0.29) is 18.2 Å². The van der Waals surface area contributed by atoms with E-state index in [1.165, 1.54) is 11.8 Å². The highest BCUT2D eigenvalue weighted by molar-refractivity contribution is 8.15. The lowest BCUT2D eigenvalue weighted by Crippen LogP contribution is -2.28. The monoisotopic (exact) mass is 353 g/mol. The summed E-state index contributed by atoms with van der Waals surface area (Å²) in [6.45, 7) is 0. The number of rotatable bonds is 5. The molecule has 126 valence electrons. The first-order valence-corrected chi connectivity index (χ1v) is 8.42. The third-order valence-electron chi connectivity index (χ3n) is 3.24. The van der Waals surface area contributed by atoms with Gasteiger partial charge >= 0.3 is 0 Å². The van der Waals surface area contributed by atoms with E-state index in [1.54, 1.807) is 36.8 Å². The van der Waals surface area contributed by atoms with E-state index in [0.29, 0.717) is 10.9 Å². The summed E-state index contributed by atoms with van der Waals surface area (Å²) in [6, 6.07) is 12.7. The number of hydrogen-bond acceptors (Lipinski definition) is 6. The normalized spacial score (nSPS) is 18.5. The third kappa shape index (κ3) is 4.98. The van der Waals surface area contributed by atoms with Gasteiger partial charge in [-0.15, -0.1) is 5.10 Å². The summed E-state index contributed by atoms with van der Waals surface area (Å²) in [5.74, 6) is -0.470. The summed E-state index contributed by atoms with van der Waals surface area (Å²) in [5.41, 5.74) is 1.51. The Labute approximate surface area is 148 Å². The lowest BCUT2D eigenvalue weighted by Gasteiger charge is -2.06. The largest absolute Gasteiger partial charge is 0.326 e. The highest BCUT2D eigenvalue weighted by Gasteiger charge is 2.32. The number of carbonyl (C=O) groups is 2. The number of anilines is 1. The van der Waals surface area contributed by atoms with E-state index < -0.39 is 5.25 Å². The number of para-hydroxylation sites is 1. The maximum atomic E-state index is 12.0. The number of thioether (sulfide) groups is 1. The molecule has 3 rings (SSSR count). The van der Waals surface area contributed by atoms with Crippen molar-refractivity contribution in [3.8, 4) is 0 Å². The first kappa shape index (κ1) is 16.8. The van der Waals surface area contributed by atoms with Gasteiger partial charge in [-0.25, -0.2) is 0 Å². The van der Waals surface area contributed by atoms with E-state index >= 15 is 0 Å². The Balaban J connectivity index is 1.54. The Morgan fingerprint density at radius 1 is 1.28 bits per heavy atom. The Morgan fingerprint density at radius 2 is 2.12 bits per heavy atom. The molecule has 0 radical (unpaired) electrons. The Hall–Kier alpha value is -3.00. The van der Waals surface area contributed by atoms with Crippen LogP contribution in [0.4, 0.5) is 5.69 Å². The standard InChI is InChI=1S/C17H15N5O2S/c23-15(20-13-6-2-1-3-7-13)9-14-16(24)21-17(25-14)22-19-11-12-5-4-8-18-10-12/h1-8,10-11,14H,9H2,(H,20,23)(H,21,22,24). The number of benzene rings is 1. The van der Waals surface area contributed by atoms with E-state index in [2.05, 4.69) is 25.8 Å². The van der Waals surface area contributed by atoms with Crippen LogP contribution in [0.25, 0.3) is 0 Å². The van der Waals surface area contributed by atoms with Crippen LogP contribution in [0.2, 0.25) is 0 Å². The van der Waals surface area contributed by atoms with Crippen LogP contribution in [-0.4, -0.2) is 33.4 Å². The fraction of sp³-hybridized carbons (Fsp3) is 0.118. The van der Waals surface area contributed by atoms with E-state index in [4.69, 9.17) is 0 Å². The molecule has 1 aromatic heterocycles. The molecule has 0 saturated carbocycles. The Kier molecular flexibility index (Phi) is 5.53. The van der Waals surface area contributed by atoms with Crippen LogP contribution in [-0.2, 0) is 9.59 Å². The van der Waals surface area contributed by atoms with Crippen molar-refractivity contribution in [2.24, 2.45) is 10.2 Å². The molecule has 2 heterocycles. The van der Waals surface area contributed by atoms with Gasteiger partial charge < -0.3 is 10.6 Å². The second kappa shape index (κ2) is 8.20. The Morgan fingerprint density at radius 3 is 2.88 bits per heavy atom. The smallest absolute Gasteiger partial charge is 0.240 e. The number of amides is 2. The van der Waals surface area contributed by atoms with Gasteiger partial charge in [0.25, 0.3) is 0 Å². The molecular formula is C17H15N5O2S. The van der Waals surface area contributed by atoms with Gasteiger partial charge in [-0.2, -0.15) is 5.10 Å². The lowest BCUT2D eigenvalue weighted by molar-refractivity contribution is -0.122. The molecule has 1 aliphatic rings. The Bertz CT molecular complexity index is 808. The minimum atomic E-state index is -0.518. The molecule has 8 heteroatoms. The average Bonchev–Trinajstić information content (AvgIpc) is 2.96. The van der Waals surface area contributed by atoms with E-state index in [1.807, 2.05) is 24.3 Å². The minimum absolute atomic E-state index is 0.0662.